The number of ether oxygens (including phenoxy) is 1. The maximum absolute atomic E-state index is 12.2. The van der Waals surface area contributed by atoms with Gasteiger partial charge in [0, 0.05) is 48.9 Å². The third-order valence-corrected chi connectivity index (χ3v) is 5.26. The minimum atomic E-state index is -0.478. The van der Waals surface area contributed by atoms with Gasteiger partial charge in [0.2, 0.25) is 11.7 Å². The van der Waals surface area contributed by atoms with Gasteiger partial charge in [0.15, 0.2) is 0 Å². The number of aryl methyl sites for hydroxylation is 1. The van der Waals surface area contributed by atoms with E-state index < -0.39 is 5.60 Å². The lowest BCUT2D eigenvalue weighted by Gasteiger charge is -2.32. The van der Waals surface area contributed by atoms with Crippen molar-refractivity contribution in [3.63, 3.8) is 0 Å². The maximum Gasteiger partial charge on any atom is 0.410 e. The molecule has 0 N–H and O–H groups in total. The molecule has 1 aliphatic rings. The number of piperidine rings is 1. The number of carbonyl (C=O) groups excluding carboxylic acids is 1. The molecular formula is C22H28N4O3. The van der Waals surface area contributed by atoms with Crippen LogP contribution in [0.3, 0.4) is 0 Å². The Morgan fingerprint density at radius 1 is 1.21 bits per heavy atom. The highest BCUT2D eigenvalue weighted by atomic mass is 16.6. The Morgan fingerprint density at radius 2 is 1.93 bits per heavy atom. The third kappa shape index (κ3) is 4.28. The molecule has 0 spiro atoms. The Kier molecular flexibility index (Phi) is 5.06. The van der Waals surface area contributed by atoms with E-state index in [4.69, 9.17) is 9.26 Å². The molecule has 154 valence electrons. The number of hydrogen-bond donors (Lipinski definition) is 0. The summed E-state index contributed by atoms with van der Waals surface area (Å²) in [7, 11) is 0. The highest BCUT2D eigenvalue weighted by Gasteiger charge is 2.30. The van der Waals surface area contributed by atoms with E-state index in [2.05, 4.69) is 46.2 Å². The number of likely N-dealkylation sites (tertiary alicyclic amines) is 1. The standard InChI is InChI=1S/C22H28N4O3/c1-5-25-13-17-7-6-16(12-18(17)14-25)19-23-20(29-24-19)15-8-10-26(11-9-15)21(27)28-22(2,3)4/h6-7,12-15H,5,8-11H2,1-4H3. The number of fused-ring (bicyclic) bond motifs is 1. The van der Waals surface area contributed by atoms with Crippen molar-refractivity contribution in [2.75, 3.05) is 13.1 Å². The van der Waals surface area contributed by atoms with Gasteiger partial charge in [0.25, 0.3) is 0 Å². The lowest BCUT2D eigenvalue weighted by atomic mass is 9.97. The largest absolute Gasteiger partial charge is 0.444 e. The Bertz CT molecular complexity index is 1010. The quantitative estimate of drug-likeness (QED) is 0.634. The zero-order valence-corrected chi connectivity index (χ0v) is 17.5. The Balaban J connectivity index is 1.43. The number of carbonyl (C=O) groups is 1. The Hall–Kier alpha value is -2.83. The number of hydrogen-bond acceptors (Lipinski definition) is 5. The second-order valence-electron chi connectivity index (χ2n) is 8.63. The molecule has 29 heavy (non-hydrogen) atoms. The van der Waals surface area contributed by atoms with Crippen molar-refractivity contribution in [2.45, 2.75) is 58.6 Å². The van der Waals surface area contributed by atoms with E-state index in [1.54, 1.807) is 4.90 Å². The first-order valence-corrected chi connectivity index (χ1v) is 10.2. The number of benzene rings is 1. The number of nitrogens with zero attached hydrogens (tertiary/aromatic N) is 4. The average molecular weight is 396 g/mol. The van der Waals surface area contributed by atoms with Gasteiger partial charge >= 0.3 is 6.09 Å². The average Bonchev–Trinajstić information content (AvgIpc) is 3.33. The first kappa shape index (κ1) is 19.5. The number of rotatable bonds is 3. The van der Waals surface area contributed by atoms with E-state index in [0.717, 1.165) is 24.9 Å². The smallest absolute Gasteiger partial charge is 0.410 e. The monoisotopic (exact) mass is 396 g/mol. The minimum absolute atomic E-state index is 0.167. The fourth-order valence-corrected chi connectivity index (χ4v) is 3.67. The van der Waals surface area contributed by atoms with Crippen LogP contribution in [0.4, 0.5) is 4.79 Å². The highest BCUT2D eigenvalue weighted by molar-refractivity contribution is 5.86. The van der Waals surface area contributed by atoms with E-state index in [0.29, 0.717) is 24.8 Å². The predicted octanol–water partition coefficient (Wildman–Crippen LogP) is 4.83. The van der Waals surface area contributed by atoms with Crippen LogP contribution in [0.25, 0.3) is 22.2 Å². The van der Waals surface area contributed by atoms with Crippen molar-refractivity contribution in [1.82, 2.24) is 19.6 Å². The number of amides is 1. The molecule has 1 aliphatic heterocycles. The number of aromatic nitrogens is 3. The van der Waals surface area contributed by atoms with Crippen LogP contribution in [-0.4, -0.2) is 44.4 Å². The summed E-state index contributed by atoms with van der Waals surface area (Å²) in [6, 6.07) is 6.22. The van der Waals surface area contributed by atoms with Crippen LogP contribution in [-0.2, 0) is 11.3 Å². The van der Waals surface area contributed by atoms with Crippen molar-refractivity contribution in [2.24, 2.45) is 0 Å². The van der Waals surface area contributed by atoms with Gasteiger partial charge in [0.1, 0.15) is 5.60 Å². The van der Waals surface area contributed by atoms with Gasteiger partial charge < -0.3 is 18.7 Å². The second-order valence-corrected chi connectivity index (χ2v) is 8.63. The summed E-state index contributed by atoms with van der Waals surface area (Å²) in [5.41, 5.74) is 0.474. The molecule has 7 heteroatoms. The van der Waals surface area contributed by atoms with Gasteiger partial charge in [-0.3, -0.25) is 0 Å². The molecule has 7 nitrogen and oxygen atoms in total. The highest BCUT2D eigenvalue weighted by Crippen LogP contribution is 2.30. The van der Waals surface area contributed by atoms with E-state index in [1.165, 1.54) is 10.8 Å². The molecule has 3 aromatic rings. The molecule has 0 atom stereocenters. The van der Waals surface area contributed by atoms with E-state index in [1.807, 2.05) is 26.8 Å². The van der Waals surface area contributed by atoms with Crippen LogP contribution >= 0.6 is 0 Å². The van der Waals surface area contributed by atoms with Gasteiger partial charge in [-0.15, -0.1) is 0 Å². The van der Waals surface area contributed by atoms with Crippen molar-refractivity contribution in [1.29, 1.82) is 0 Å². The van der Waals surface area contributed by atoms with Gasteiger partial charge in [-0.1, -0.05) is 17.3 Å². The lowest BCUT2D eigenvalue weighted by Crippen LogP contribution is -2.41. The van der Waals surface area contributed by atoms with Crippen LogP contribution in [0.15, 0.2) is 35.1 Å². The molecule has 0 aliphatic carbocycles. The molecule has 1 amide bonds. The van der Waals surface area contributed by atoms with Gasteiger partial charge in [-0.2, -0.15) is 4.98 Å². The van der Waals surface area contributed by atoms with E-state index >= 15 is 0 Å². The summed E-state index contributed by atoms with van der Waals surface area (Å²) in [6.45, 7) is 9.98. The predicted molar refractivity (Wildman–Crippen MR) is 111 cm³/mol. The molecular weight excluding hydrogens is 368 g/mol. The molecule has 2 aromatic heterocycles. The van der Waals surface area contributed by atoms with Crippen LogP contribution in [0.5, 0.6) is 0 Å². The van der Waals surface area contributed by atoms with Crippen LogP contribution in [0, 0.1) is 0 Å². The van der Waals surface area contributed by atoms with Crippen molar-refractivity contribution in [3.05, 3.63) is 36.5 Å². The Morgan fingerprint density at radius 3 is 2.62 bits per heavy atom. The summed E-state index contributed by atoms with van der Waals surface area (Å²) in [5.74, 6) is 1.43. The molecule has 0 saturated carbocycles. The summed E-state index contributed by atoms with van der Waals surface area (Å²) >= 11 is 0. The molecule has 0 radical (unpaired) electrons. The molecule has 1 fully saturated rings. The summed E-state index contributed by atoms with van der Waals surface area (Å²) in [4.78, 5) is 18.6. The van der Waals surface area contributed by atoms with Crippen LogP contribution < -0.4 is 0 Å². The maximum atomic E-state index is 12.2. The van der Waals surface area contributed by atoms with E-state index in [-0.39, 0.29) is 12.0 Å². The first-order valence-electron chi connectivity index (χ1n) is 10.2. The molecule has 0 unspecified atom stereocenters. The summed E-state index contributed by atoms with van der Waals surface area (Å²) in [6.07, 6.45) is 5.60. The topological polar surface area (TPSA) is 73.4 Å². The van der Waals surface area contributed by atoms with E-state index in [9.17, 15) is 4.79 Å². The van der Waals surface area contributed by atoms with Crippen molar-refractivity contribution < 1.29 is 14.1 Å². The Labute approximate surface area is 170 Å². The molecule has 0 bridgehead atoms. The van der Waals surface area contributed by atoms with Crippen LogP contribution in [0.1, 0.15) is 52.3 Å². The fraction of sp³-hybridized carbons (Fsp3) is 0.500. The molecule has 3 heterocycles. The zero-order valence-electron chi connectivity index (χ0n) is 17.5. The van der Waals surface area contributed by atoms with Gasteiger partial charge in [0.05, 0.1) is 0 Å². The minimum Gasteiger partial charge on any atom is -0.444 e. The summed E-state index contributed by atoms with van der Waals surface area (Å²) < 4.78 is 13.2. The van der Waals surface area contributed by atoms with Crippen LogP contribution in [0.2, 0.25) is 0 Å². The van der Waals surface area contributed by atoms with Gasteiger partial charge in [-0.05, 0) is 52.0 Å². The SMILES string of the molecule is CCn1cc2ccc(-c3noc(C4CCN(C(=O)OC(C)(C)C)CC4)n3)cc2c1. The third-order valence-electron chi connectivity index (χ3n) is 5.26. The first-order chi connectivity index (χ1) is 13.8. The second kappa shape index (κ2) is 7.54. The molecule has 4 rings (SSSR count). The molecule has 1 saturated heterocycles. The van der Waals surface area contributed by atoms with Gasteiger partial charge in [-0.25, -0.2) is 4.79 Å². The molecule has 1 aromatic carbocycles. The zero-order chi connectivity index (χ0) is 20.6. The lowest BCUT2D eigenvalue weighted by molar-refractivity contribution is 0.0198. The normalized spacial score (nSPS) is 15.8. The van der Waals surface area contributed by atoms with Crippen molar-refractivity contribution in [3.8, 4) is 11.4 Å². The fourth-order valence-electron chi connectivity index (χ4n) is 3.67. The van der Waals surface area contributed by atoms with Crippen molar-refractivity contribution >= 4 is 16.9 Å². The summed E-state index contributed by atoms with van der Waals surface area (Å²) in [5, 5.41) is 6.57.